The lowest BCUT2D eigenvalue weighted by atomic mass is 10.1. The van der Waals surface area contributed by atoms with E-state index >= 15 is 0 Å². The van der Waals surface area contributed by atoms with Crippen molar-refractivity contribution < 1.29 is 4.79 Å². The Morgan fingerprint density at radius 3 is 2.46 bits per heavy atom. The largest absolute Gasteiger partial charge is 0.378 e. The summed E-state index contributed by atoms with van der Waals surface area (Å²) in [4.78, 5) is 17.0. The van der Waals surface area contributed by atoms with Crippen LogP contribution in [-0.2, 0) is 4.79 Å². The Labute approximate surface area is 152 Å². The average Bonchev–Trinajstić information content (AvgIpc) is 2.82. The number of carbonyl (C=O) groups is 1. The number of hydrogen-bond acceptors (Lipinski definition) is 4. The second-order valence-corrected chi connectivity index (χ2v) is 7.52. The van der Waals surface area contributed by atoms with E-state index in [1.807, 2.05) is 80.5 Å². The van der Waals surface area contributed by atoms with Crippen molar-refractivity contribution in [3.8, 4) is 0 Å². The standard InChI is InChI=1S/C19H18N2OS2/c1-13-5-4-6-16(11-13)21-18(22)17(24-19(21)23)12-14-7-9-15(10-8-14)20(2)3/h4-12H,1-3H3/b17-12-. The third-order valence-corrected chi connectivity index (χ3v) is 5.06. The lowest BCUT2D eigenvalue weighted by Crippen LogP contribution is -2.27. The molecule has 3 nitrogen and oxygen atoms in total. The molecule has 0 spiro atoms. The molecule has 2 aromatic rings. The highest BCUT2D eigenvalue weighted by atomic mass is 32.2. The number of hydrogen-bond donors (Lipinski definition) is 0. The third-order valence-electron chi connectivity index (χ3n) is 3.76. The van der Waals surface area contributed by atoms with Gasteiger partial charge in [-0.1, -0.05) is 48.2 Å². The minimum Gasteiger partial charge on any atom is -0.378 e. The van der Waals surface area contributed by atoms with Crippen molar-refractivity contribution in [2.24, 2.45) is 0 Å². The molecule has 1 fully saturated rings. The van der Waals surface area contributed by atoms with Crippen LogP contribution in [-0.4, -0.2) is 24.3 Å². The molecule has 1 saturated heterocycles. The number of carbonyl (C=O) groups excluding carboxylic acids is 1. The highest BCUT2D eigenvalue weighted by Crippen LogP contribution is 2.36. The summed E-state index contributed by atoms with van der Waals surface area (Å²) in [6.45, 7) is 2.00. The van der Waals surface area contributed by atoms with Gasteiger partial charge in [0.05, 0.1) is 10.6 Å². The smallest absolute Gasteiger partial charge is 0.270 e. The number of nitrogens with zero attached hydrogens (tertiary/aromatic N) is 2. The van der Waals surface area contributed by atoms with Gasteiger partial charge in [-0.3, -0.25) is 9.69 Å². The number of rotatable bonds is 3. The van der Waals surface area contributed by atoms with Gasteiger partial charge >= 0.3 is 0 Å². The molecule has 2 aromatic carbocycles. The summed E-state index contributed by atoms with van der Waals surface area (Å²) in [5.74, 6) is -0.0627. The molecule has 5 heteroatoms. The van der Waals surface area contributed by atoms with Crippen LogP contribution in [0.2, 0.25) is 0 Å². The number of thiocarbonyl (C=S) groups is 1. The van der Waals surface area contributed by atoms with E-state index in [0.29, 0.717) is 9.23 Å². The molecule has 0 aromatic heterocycles. The van der Waals surface area contributed by atoms with Gasteiger partial charge in [0.2, 0.25) is 0 Å². The fourth-order valence-electron chi connectivity index (χ4n) is 2.48. The average molecular weight is 355 g/mol. The Balaban J connectivity index is 1.88. The van der Waals surface area contributed by atoms with E-state index < -0.39 is 0 Å². The molecular weight excluding hydrogens is 336 g/mol. The lowest BCUT2D eigenvalue weighted by molar-refractivity contribution is -0.113. The van der Waals surface area contributed by atoms with E-state index in [1.165, 1.54) is 11.8 Å². The van der Waals surface area contributed by atoms with Crippen LogP contribution in [0.25, 0.3) is 6.08 Å². The van der Waals surface area contributed by atoms with E-state index in [4.69, 9.17) is 12.2 Å². The van der Waals surface area contributed by atoms with Crippen molar-refractivity contribution in [2.45, 2.75) is 6.92 Å². The fourth-order valence-corrected chi connectivity index (χ4v) is 3.78. The molecule has 0 saturated carbocycles. The number of benzene rings is 2. The zero-order valence-electron chi connectivity index (χ0n) is 13.8. The molecule has 1 heterocycles. The van der Waals surface area contributed by atoms with E-state index in [0.717, 1.165) is 22.5 Å². The van der Waals surface area contributed by atoms with Crippen LogP contribution < -0.4 is 9.80 Å². The quantitative estimate of drug-likeness (QED) is 0.599. The van der Waals surface area contributed by atoms with Crippen molar-refractivity contribution in [3.63, 3.8) is 0 Å². The van der Waals surface area contributed by atoms with E-state index in [1.54, 1.807) is 4.90 Å². The number of aryl methyl sites for hydroxylation is 1. The molecule has 0 radical (unpaired) electrons. The second-order valence-electron chi connectivity index (χ2n) is 5.84. The topological polar surface area (TPSA) is 23.6 Å². The molecule has 1 aliphatic rings. The van der Waals surface area contributed by atoms with Gasteiger partial charge in [-0.2, -0.15) is 0 Å². The molecular formula is C19H18N2OS2. The molecule has 0 aliphatic carbocycles. The Morgan fingerprint density at radius 1 is 1.12 bits per heavy atom. The van der Waals surface area contributed by atoms with Gasteiger partial charge in [0, 0.05) is 19.8 Å². The Kier molecular flexibility index (Phi) is 4.73. The van der Waals surface area contributed by atoms with Crippen LogP contribution in [0, 0.1) is 6.92 Å². The molecule has 0 bridgehead atoms. The van der Waals surface area contributed by atoms with Crippen LogP contribution in [0.1, 0.15) is 11.1 Å². The summed E-state index contributed by atoms with van der Waals surface area (Å²) < 4.78 is 0.571. The maximum absolute atomic E-state index is 12.7. The van der Waals surface area contributed by atoms with Gasteiger partial charge in [-0.05, 0) is 48.4 Å². The first-order valence-corrected chi connectivity index (χ1v) is 8.80. The lowest BCUT2D eigenvalue weighted by Gasteiger charge is -2.14. The number of anilines is 2. The molecule has 0 unspecified atom stereocenters. The molecule has 0 atom stereocenters. The summed E-state index contributed by atoms with van der Waals surface area (Å²) in [6.07, 6.45) is 1.90. The van der Waals surface area contributed by atoms with Gasteiger partial charge in [0.1, 0.15) is 0 Å². The van der Waals surface area contributed by atoms with Gasteiger partial charge < -0.3 is 4.90 Å². The summed E-state index contributed by atoms with van der Waals surface area (Å²) in [5.41, 5.74) is 4.04. The fraction of sp³-hybridized carbons (Fsp3) is 0.158. The van der Waals surface area contributed by atoms with E-state index in [9.17, 15) is 4.79 Å². The molecule has 1 aliphatic heterocycles. The van der Waals surface area contributed by atoms with Crippen LogP contribution in [0.3, 0.4) is 0 Å². The number of amides is 1. The summed E-state index contributed by atoms with van der Waals surface area (Å²) >= 11 is 6.76. The molecule has 1 amide bonds. The monoisotopic (exact) mass is 354 g/mol. The van der Waals surface area contributed by atoms with Crippen molar-refractivity contribution in [2.75, 3.05) is 23.9 Å². The van der Waals surface area contributed by atoms with Gasteiger partial charge in [-0.15, -0.1) is 0 Å². The Bertz CT molecular complexity index is 826. The van der Waals surface area contributed by atoms with Gasteiger partial charge in [-0.25, -0.2) is 0 Å². The van der Waals surface area contributed by atoms with Crippen LogP contribution in [0.5, 0.6) is 0 Å². The summed E-state index contributed by atoms with van der Waals surface area (Å²) in [6, 6.07) is 15.9. The Morgan fingerprint density at radius 2 is 1.83 bits per heavy atom. The maximum Gasteiger partial charge on any atom is 0.270 e. The first kappa shape index (κ1) is 16.7. The SMILES string of the molecule is Cc1cccc(N2C(=O)/C(=C/c3ccc(N(C)C)cc3)SC2=S)c1. The molecule has 24 heavy (non-hydrogen) atoms. The first-order valence-electron chi connectivity index (χ1n) is 7.58. The summed E-state index contributed by atoms with van der Waals surface area (Å²) in [7, 11) is 4.00. The highest BCUT2D eigenvalue weighted by Gasteiger charge is 2.33. The van der Waals surface area contributed by atoms with Crippen molar-refractivity contribution in [1.82, 2.24) is 0 Å². The highest BCUT2D eigenvalue weighted by molar-refractivity contribution is 8.27. The van der Waals surface area contributed by atoms with E-state index in [2.05, 4.69) is 0 Å². The minimum atomic E-state index is -0.0627. The van der Waals surface area contributed by atoms with Gasteiger partial charge in [0.15, 0.2) is 4.32 Å². The van der Waals surface area contributed by atoms with Crippen LogP contribution in [0.4, 0.5) is 11.4 Å². The minimum absolute atomic E-state index is 0.0627. The zero-order chi connectivity index (χ0) is 17.3. The molecule has 3 rings (SSSR count). The molecule has 122 valence electrons. The Hall–Kier alpha value is -2.11. The van der Waals surface area contributed by atoms with Crippen LogP contribution in [0.15, 0.2) is 53.4 Å². The second kappa shape index (κ2) is 6.79. The van der Waals surface area contributed by atoms with Crippen molar-refractivity contribution >= 4 is 51.7 Å². The normalized spacial score (nSPS) is 16.1. The van der Waals surface area contributed by atoms with Crippen molar-refractivity contribution in [3.05, 3.63) is 64.6 Å². The summed E-state index contributed by atoms with van der Waals surface area (Å²) in [5, 5.41) is 0. The van der Waals surface area contributed by atoms with Crippen LogP contribution >= 0.6 is 24.0 Å². The van der Waals surface area contributed by atoms with Crippen molar-refractivity contribution in [1.29, 1.82) is 0 Å². The van der Waals surface area contributed by atoms with E-state index in [-0.39, 0.29) is 5.91 Å². The zero-order valence-corrected chi connectivity index (χ0v) is 15.4. The molecule has 0 N–H and O–H groups in total. The number of thioether (sulfide) groups is 1. The predicted molar refractivity (Wildman–Crippen MR) is 108 cm³/mol. The third kappa shape index (κ3) is 3.37. The maximum atomic E-state index is 12.7. The first-order chi connectivity index (χ1) is 11.5. The predicted octanol–water partition coefficient (Wildman–Crippen LogP) is 4.47. The van der Waals surface area contributed by atoms with Gasteiger partial charge in [0.25, 0.3) is 5.91 Å².